The molecule has 0 bridgehead atoms. The molecule has 0 spiro atoms. The largest absolute Gasteiger partial charge is 0.318 e. The van der Waals surface area contributed by atoms with Gasteiger partial charge >= 0.3 is 0 Å². The van der Waals surface area contributed by atoms with E-state index in [1.165, 1.54) is 29.2 Å². The van der Waals surface area contributed by atoms with Crippen LogP contribution < -0.4 is 10.0 Å². The van der Waals surface area contributed by atoms with E-state index in [1.807, 2.05) is 0 Å². The van der Waals surface area contributed by atoms with Crippen LogP contribution in [0.3, 0.4) is 0 Å². The van der Waals surface area contributed by atoms with Gasteiger partial charge in [0.25, 0.3) is 10.0 Å². The van der Waals surface area contributed by atoms with Gasteiger partial charge in [-0.2, -0.15) is 5.10 Å². The first-order valence-corrected chi connectivity index (χ1v) is 8.35. The lowest BCUT2D eigenvalue weighted by molar-refractivity contribution is 0.582. The fourth-order valence-electron chi connectivity index (χ4n) is 1.61. The smallest absolute Gasteiger partial charge is 0.265 e. The van der Waals surface area contributed by atoms with Crippen LogP contribution >= 0.6 is 15.9 Å². The van der Waals surface area contributed by atoms with Gasteiger partial charge in [-0.3, -0.25) is 9.40 Å². The average Bonchev–Trinajstić information content (AvgIpc) is 2.90. The quantitative estimate of drug-likeness (QED) is 0.805. The third-order valence-corrected chi connectivity index (χ3v) is 4.70. The maximum absolute atomic E-state index is 13.2. The minimum atomic E-state index is -3.81. The third-order valence-electron chi connectivity index (χ3n) is 2.68. The van der Waals surface area contributed by atoms with Crippen LogP contribution in [0.2, 0.25) is 0 Å². The zero-order valence-electron chi connectivity index (χ0n) is 11.2. The van der Waals surface area contributed by atoms with Crippen molar-refractivity contribution in [3.8, 4) is 0 Å². The molecule has 2 aromatic rings. The summed E-state index contributed by atoms with van der Waals surface area (Å²) in [5, 5.41) is 6.92. The molecule has 0 saturated carbocycles. The van der Waals surface area contributed by atoms with Crippen molar-refractivity contribution >= 4 is 31.6 Å². The van der Waals surface area contributed by atoms with Gasteiger partial charge in [-0.15, -0.1) is 0 Å². The Bertz CT molecular complexity index is 733. The first-order chi connectivity index (χ1) is 9.92. The fraction of sp³-hybridized carbons (Fsp3) is 0.250. The van der Waals surface area contributed by atoms with E-state index >= 15 is 0 Å². The highest BCUT2D eigenvalue weighted by Crippen LogP contribution is 2.25. The second kappa shape index (κ2) is 6.54. The van der Waals surface area contributed by atoms with Crippen molar-refractivity contribution in [2.24, 2.45) is 0 Å². The van der Waals surface area contributed by atoms with Crippen molar-refractivity contribution in [1.82, 2.24) is 15.1 Å². The van der Waals surface area contributed by atoms with Crippen LogP contribution in [0.5, 0.6) is 0 Å². The minimum absolute atomic E-state index is 0.0229. The van der Waals surface area contributed by atoms with Crippen LogP contribution in [0.1, 0.15) is 0 Å². The van der Waals surface area contributed by atoms with Gasteiger partial charge in [0.1, 0.15) is 10.7 Å². The highest BCUT2D eigenvalue weighted by Gasteiger charge is 2.18. The van der Waals surface area contributed by atoms with Crippen LogP contribution in [-0.2, 0) is 16.6 Å². The van der Waals surface area contributed by atoms with Gasteiger partial charge in [0.2, 0.25) is 0 Å². The monoisotopic (exact) mass is 376 g/mol. The fourth-order valence-corrected chi connectivity index (χ4v) is 3.11. The summed E-state index contributed by atoms with van der Waals surface area (Å²) in [6.45, 7) is 1.22. The van der Waals surface area contributed by atoms with E-state index in [1.54, 1.807) is 7.05 Å². The molecule has 0 aliphatic rings. The van der Waals surface area contributed by atoms with E-state index in [-0.39, 0.29) is 10.6 Å². The molecule has 2 N–H and O–H groups in total. The van der Waals surface area contributed by atoms with Gasteiger partial charge in [-0.05, 0) is 41.2 Å². The Hall–Kier alpha value is -1.45. The van der Waals surface area contributed by atoms with Crippen molar-refractivity contribution in [2.45, 2.75) is 11.4 Å². The van der Waals surface area contributed by atoms with E-state index in [4.69, 9.17) is 0 Å². The molecular formula is C12H14BrFN4O2S. The Labute approximate surface area is 130 Å². The molecule has 0 fully saturated rings. The summed E-state index contributed by atoms with van der Waals surface area (Å²) in [7, 11) is -2.01. The number of nitrogens with zero attached hydrogens (tertiary/aromatic N) is 2. The number of likely N-dealkylation sites (N-methyl/N-ethyl adjacent to an activating group) is 1. The van der Waals surface area contributed by atoms with E-state index in [0.29, 0.717) is 17.6 Å². The lowest BCUT2D eigenvalue weighted by atomic mass is 10.3. The van der Waals surface area contributed by atoms with Gasteiger partial charge in [0.05, 0.1) is 18.4 Å². The molecule has 0 saturated heterocycles. The van der Waals surface area contributed by atoms with E-state index in [2.05, 4.69) is 31.1 Å². The average molecular weight is 377 g/mol. The Morgan fingerprint density at radius 3 is 2.90 bits per heavy atom. The van der Waals surface area contributed by atoms with Crippen molar-refractivity contribution < 1.29 is 12.8 Å². The van der Waals surface area contributed by atoms with Gasteiger partial charge in [0.15, 0.2) is 0 Å². The molecule has 0 aliphatic carbocycles. The predicted octanol–water partition coefficient (Wildman–Crippen LogP) is 1.80. The summed E-state index contributed by atoms with van der Waals surface area (Å²) < 4.78 is 41.9. The lowest BCUT2D eigenvalue weighted by Gasteiger charge is -2.08. The van der Waals surface area contributed by atoms with Crippen LogP contribution in [0.15, 0.2) is 40.0 Å². The summed E-state index contributed by atoms with van der Waals surface area (Å²) in [5.74, 6) is -0.527. The summed E-state index contributed by atoms with van der Waals surface area (Å²) >= 11 is 3.17. The van der Waals surface area contributed by atoms with E-state index in [9.17, 15) is 12.8 Å². The van der Waals surface area contributed by atoms with Crippen molar-refractivity contribution in [3.05, 3.63) is 40.9 Å². The summed E-state index contributed by atoms with van der Waals surface area (Å²) in [4.78, 5) is 0.0229. The van der Waals surface area contributed by atoms with E-state index < -0.39 is 15.8 Å². The van der Waals surface area contributed by atoms with Crippen LogP contribution in [0, 0.1) is 5.82 Å². The zero-order valence-corrected chi connectivity index (χ0v) is 13.6. The maximum atomic E-state index is 13.2. The maximum Gasteiger partial charge on any atom is 0.265 e. The number of benzene rings is 1. The molecule has 0 aliphatic heterocycles. The van der Waals surface area contributed by atoms with Crippen LogP contribution in [-0.4, -0.2) is 31.8 Å². The summed E-state index contributed by atoms with van der Waals surface area (Å²) in [6.07, 6.45) is 2.68. The summed E-state index contributed by atoms with van der Waals surface area (Å²) in [5.41, 5.74) is 0.137. The number of hydrogen-bond acceptors (Lipinski definition) is 4. The molecule has 0 amide bonds. The normalized spacial score (nSPS) is 11.6. The Balaban J connectivity index is 2.22. The van der Waals surface area contributed by atoms with Gasteiger partial charge in [-0.1, -0.05) is 0 Å². The second-order valence-electron chi connectivity index (χ2n) is 4.27. The molecule has 1 aromatic heterocycles. The molecule has 0 unspecified atom stereocenters. The molecular weight excluding hydrogens is 363 g/mol. The molecule has 1 aromatic carbocycles. The Morgan fingerprint density at radius 1 is 1.43 bits per heavy atom. The number of rotatable bonds is 6. The SMILES string of the molecule is CNCCn1cc(S(=O)(=O)Nc2cc(F)ccc2Br)cn1. The topological polar surface area (TPSA) is 76.0 Å². The predicted molar refractivity (Wildman–Crippen MR) is 81.1 cm³/mol. The molecule has 0 radical (unpaired) electrons. The molecule has 2 rings (SSSR count). The number of nitrogens with one attached hydrogen (secondary N) is 2. The minimum Gasteiger partial charge on any atom is -0.318 e. The lowest BCUT2D eigenvalue weighted by Crippen LogP contribution is -2.15. The summed E-state index contributed by atoms with van der Waals surface area (Å²) in [6, 6.07) is 3.77. The van der Waals surface area contributed by atoms with Crippen LogP contribution in [0.25, 0.3) is 0 Å². The highest BCUT2D eigenvalue weighted by atomic mass is 79.9. The number of hydrogen-bond donors (Lipinski definition) is 2. The Morgan fingerprint density at radius 2 is 2.19 bits per heavy atom. The second-order valence-corrected chi connectivity index (χ2v) is 6.81. The molecule has 6 nitrogen and oxygen atoms in total. The first kappa shape index (κ1) is 15.9. The first-order valence-electron chi connectivity index (χ1n) is 6.07. The van der Waals surface area contributed by atoms with Crippen molar-refractivity contribution in [2.75, 3.05) is 18.3 Å². The van der Waals surface area contributed by atoms with Gasteiger partial charge < -0.3 is 5.32 Å². The van der Waals surface area contributed by atoms with Gasteiger partial charge in [-0.25, -0.2) is 12.8 Å². The molecule has 0 atom stereocenters. The van der Waals surface area contributed by atoms with Gasteiger partial charge in [0, 0.05) is 17.2 Å². The van der Waals surface area contributed by atoms with Crippen molar-refractivity contribution in [3.63, 3.8) is 0 Å². The molecule has 1 heterocycles. The number of anilines is 1. The molecule has 114 valence electrons. The standard InChI is InChI=1S/C12H14BrFN4O2S/c1-15-4-5-18-8-10(7-16-18)21(19,20)17-12-6-9(14)2-3-11(12)13/h2-3,6-8,15,17H,4-5H2,1H3. The van der Waals surface area contributed by atoms with E-state index in [0.717, 1.165) is 6.07 Å². The number of aromatic nitrogens is 2. The van der Waals surface area contributed by atoms with Crippen molar-refractivity contribution in [1.29, 1.82) is 0 Å². The zero-order chi connectivity index (χ0) is 15.5. The Kier molecular flexibility index (Phi) is 4.96. The third kappa shape index (κ3) is 4.02. The molecule has 9 heteroatoms. The highest BCUT2D eigenvalue weighted by molar-refractivity contribution is 9.10. The number of halogens is 2. The number of sulfonamides is 1. The van der Waals surface area contributed by atoms with Crippen LogP contribution in [0.4, 0.5) is 10.1 Å². The molecule has 21 heavy (non-hydrogen) atoms.